The highest BCUT2D eigenvalue weighted by Crippen LogP contribution is 2.54. The number of imidazole rings is 1. The molecule has 6 aromatic rings. The summed E-state index contributed by atoms with van der Waals surface area (Å²) in [6.07, 6.45) is 4.64. The Kier molecular flexibility index (Phi) is 9.66. The lowest BCUT2D eigenvalue weighted by Crippen LogP contribution is -2.44. The second-order valence-electron chi connectivity index (χ2n) is 17.9. The van der Waals surface area contributed by atoms with Crippen molar-refractivity contribution in [2.45, 2.75) is 77.3 Å². The quantitative estimate of drug-likeness (QED) is 0.154. The number of hydrogen-bond acceptors (Lipinski definition) is 10. The first kappa shape index (κ1) is 41.1. The number of amides is 1. The Morgan fingerprint density at radius 2 is 1.73 bits per heavy atom. The van der Waals surface area contributed by atoms with Gasteiger partial charge in [-0.05, 0) is 124 Å². The summed E-state index contributed by atoms with van der Waals surface area (Å²) in [7, 11) is -2.92. The molecule has 3 aromatic carbocycles. The number of rotatable bonds is 8. The van der Waals surface area contributed by atoms with Crippen molar-refractivity contribution in [2.24, 2.45) is 11.1 Å². The van der Waals surface area contributed by atoms with Gasteiger partial charge in [0.1, 0.15) is 35.8 Å². The molecule has 3 N–H and O–H groups in total. The smallest absolute Gasteiger partial charge is 0.338 e. The van der Waals surface area contributed by atoms with Gasteiger partial charge >= 0.3 is 12.1 Å². The second kappa shape index (κ2) is 14.8. The Balaban J connectivity index is 1.12. The van der Waals surface area contributed by atoms with Crippen molar-refractivity contribution in [1.29, 1.82) is 0 Å². The number of hydrogen-bond donors (Lipinski definition) is 3. The van der Waals surface area contributed by atoms with Crippen LogP contribution in [-0.4, -0.2) is 89.8 Å². The van der Waals surface area contributed by atoms with Crippen LogP contribution < -0.4 is 16.3 Å². The van der Waals surface area contributed by atoms with E-state index in [1.165, 1.54) is 20.9 Å². The van der Waals surface area contributed by atoms with E-state index < -0.39 is 30.8 Å². The Hall–Kier alpha value is -5.96. The molecule has 1 saturated carbocycles. The first-order valence-corrected chi connectivity index (χ1v) is 24.0. The summed E-state index contributed by atoms with van der Waals surface area (Å²) in [5, 5.41) is 35.2. The summed E-state index contributed by atoms with van der Waals surface area (Å²) in [6.45, 7) is 12.2. The number of oxime groups is 1. The lowest BCUT2D eigenvalue weighted by molar-refractivity contribution is -0.0896. The minimum absolute atomic E-state index is 0.0467. The van der Waals surface area contributed by atoms with Crippen LogP contribution >= 0.6 is 7.14 Å². The maximum atomic E-state index is 15.5. The van der Waals surface area contributed by atoms with Crippen molar-refractivity contribution >= 4 is 35.1 Å². The fourth-order valence-corrected chi connectivity index (χ4v) is 11.2. The van der Waals surface area contributed by atoms with Crippen LogP contribution in [0.25, 0.3) is 28.1 Å². The second-order valence-corrected chi connectivity index (χ2v) is 21.1. The van der Waals surface area contributed by atoms with Crippen molar-refractivity contribution in [3.63, 3.8) is 0 Å². The summed E-state index contributed by atoms with van der Waals surface area (Å²) in [5.41, 5.74) is 3.96. The van der Waals surface area contributed by atoms with E-state index in [9.17, 15) is 19.6 Å². The molecule has 15 nitrogen and oxygen atoms in total. The molecule has 4 aliphatic rings. The average Bonchev–Trinajstić information content (AvgIpc) is 3.75. The van der Waals surface area contributed by atoms with Gasteiger partial charge in [-0.3, -0.25) is 13.9 Å². The number of aryl methyl sites for hydroxylation is 2. The number of benzene rings is 3. The maximum absolute atomic E-state index is 15.5. The first-order valence-electron chi connectivity index (χ1n) is 21.4. The molecule has 0 radical (unpaired) electrons. The van der Waals surface area contributed by atoms with Gasteiger partial charge in [0.2, 0.25) is 0 Å². The van der Waals surface area contributed by atoms with Crippen LogP contribution in [0.1, 0.15) is 83.5 Å². The van der Waals surface area contributed by atoms with Crippen molar-refractivity contribution in [3.05, 3.63) is 117 Å². The Labute approximate surface area is 362 Å². The summed E-state index contributed by atoms with van der Waals surface area (Å²) in [5.74, 6) is 0.354. The highest BCUT2D eigenvalue weighted by Gasteiger charge is 2.61. The van der Waals surface area contributed by atoms with E-state index in [2.05, 4.69) is 40.2 Å². The number of phenols is 1. The van der Waals surface area contributed by atoms with Gasteiger partial charge in [0.15, 0.2) is 5.84 Å². The molecule has 1 aliphatic carbocycles. The van der Waals surface area contributed by atoms with Gasteiger partial charge in [-0.15, -0.1) is 0 Å². The fourth-order valence-electron chi connectivity index (χ4n) is 10.1. The Morgan fingerprint density at radius 1 is 1.02 bits per heavy atom. The Bertz CT molecular complexity index is 2990. The van der Waals surface area contributed by atoms with Crippen molar-refractivity contribution in [2.75, 3.05) is 33.1 Å². The van der Waals surface area contributed by atoms with Crippen LogP contribution in [0.4, 0.5) is 4.39 Å². The molecule has 4 atom stereocenters. The zero-order valence-corrected chi connectivity index (χ0v) is 36.9. The van der Waals surface area contributed by atoms with Crippen LogP contribution in [-0.2, 0) is 26.1 Å². The van der Waals surface area contributed by atoms with Gasteiger partial charge in [0.25, 0.3) is 5.91 Å². The number of ether oxygens (including phenoxy) is 1. The van der Waals surface area contributed by atoms with Crippen LogP contribution in [0.2, 0.25) is 0 Å². The number of halogens is 1. The molecule has 17 heteroatoms. The SMILES string of the molecule is Cc1cc(-n2nc3c(c2-n2ccn(-c4cccc(P(C)(C)=O)c4O)c2=O)[C@H](C)N(C(=O)c2cc4cc(C5CCOCC5)ccc4n2[C@@]2(C4=NOC(O)N4)C[C@@H]2C)CC3)cc(C)c1F. The van der Waals surface area contributed by atoms with Crippen LogP contribution in [0, 0.1) is 25.6 Å². The average molecular weight is 877 g/mol. The molecule has 328 valence electrons. The molecule has 2 fully saturated rings. The number of nitrogens with zero attached hydrogens (tertiary/aromatic N) is 7. The third-order valence-electron chi connectivity index (χ3n) is 13.5. The minimum Gasteiger partial charge on any atom is -0.505 e. The monoisotopic (exact) mass is 876 g/mol. The van der Waals surface area contributed by atoms with E-state index in [4.69, 9.17) is 14.7 Å². The van der Waals surface area contributed by atoms with Gasteiger partial charge < -0.3 is 39.1 Å². The van der Waals surface area contributed by atoms with Gasteiger partial charge in [-0.1, -0.05) is 24.2 Å². The number of carbonyl (C=O) groups excluding carboxylic acids is 1. The first-order chi connectivity index (χ1) is 30.1. The molecule has 3 aliphatic heterocycles. The highest BCUT2D eigenvalue weighted by molar-refractivity contribution is 7.70. The number of aliphatic hydroxyl groups excluding tert-OH is 1. The van der Waals surface area contributed by atoms with Crippen molar-refractivity contribution in [1.82, 2.24) is 33.7 Å². The highest BCUT2D eigenvalue weighted by atomic mass is 31.2. The van der Waals surface area contributed by atoms with Gasteiger partial charge in [-0.25, -0.2) is 13.9 Å². The van der Waals surface area contributed by atoms with Gasteiger partial charge in [0.05, 0.1) is 28.4 Å². The molecule has 1 amide bonds. The molecule has 1 unspecified atom stereocenters. The van der Waals surface area contributed by atoms with E-state index >= 15 is 9.18 Å². The molecule has 0 spiro atoms. The fraction of sp³-hybridized carbons (Fsp3) is 0.391. The zero-order chi connectivity index (χ0) is 44.3. The lowest BCUT2D eigenvalue weighted by Gasteiger charge is -2.34. The minimum atomic E-state index is -2.92. The number of fused-ring (bicyclic) bond motifs is 2. The molecular formula is C46H50FN8O7P. The molecule has 0 bridgehead atoms. The standard InChI is InChI=1S/C46H50FN8O7P/c1-25-20-32(21-26(2)39(25)47)55-41(53-17-16-52(45(53)59)35-8-7-9-37(40(35)56)63(5,6)60)38-28(4)51(15-12-33(38)49-55)42(57)36-23-31-22-30(29-13-18-61-19-14-29)10-11-34(31)54(36)46(24-27(46)3)43-48-44(58)62-50-43/h7-11,16-17,20-23,27-29,44,56,58H,12-15,18-19,24H2,1-6H3,(H,48,50)/t27-,28-,44?,46-/m0/s1. The molecule has 1 saturated heterocycles. The third-order valence-corrected chi connectivity index (χ3v) is 15.1. The summed E-state index contributed by atoms with van der Waals surface area (Å²) < 4.78 is 40.3. The van der Waals surface area contributed by atoms with E-state index in [0.717, 1.165) is 23.7 Å². The number of amidine groups is 1. The molecule has 3 aromatic heterocycles. The number of phenolic OH excluding ortho intramolecular Hbond substituents is 1. The number of aromatic nitrogens is 5. The van der Waals surface area contributed by atoms with Crippen LogP contribution in [0.5, 0.6) is 5.75 Å². The van der Waals surface area contributed by atoms with Crippen molar-refractivity contribution in [3.8, 4) is 22.9 Å². The molecular weight excluding hydrogens is 827 g/mol. The molecule has 6 heterocycles. The normalized spacial score (nSPS) is 22.5. The van der Waals surface area contributed by atoms with Gasteiger partial charge in [0, 0.05) is 55.0 Å². The zero-order valence-electron chi connectivity index (χ0n) is 36.0. The van der Waals surface area contributed by atoms with E-state index in [0.29, 0.717) is 83.9 Å². The summed E-state index contributed by atoms with van der Waals surface area (Å²) >= 11 is 0. The van der Waals surface area contributed by atoms with E-state index in [1.807, 2.05) is 13.0 Å². The van der Waals surface area contributed by atoms with E-state index in [1.54, 1.807) is 73.3 Å². The molecule has 10 rings (SSSR count). The van der Waals surface area contributed by atoms with Crippen molar-refractivity contribution < 1.29 is 33.5 Å². The number of aromatic hydroxyl groups is 1. The number of nitrogens with one attached hydrogen (secondary N) is 1. The Morgan fingerprint density at radius 3 is 2.40 bits per heavy atom. The molecule has 63 heavy (non-hydrogen) atoms. The number of para-hydroxylation sites is 1. The third kappa shape index (κ3) is 6.47. The van der Waals surface area contributed by atoms with Crippen LogP contribution in [0.15, 0.2) is 76.9 Å². The largest absolute Gasteiger partial charge is 0.505 e. The lowest BCUT2D eigenvalue weighted by atomic mass is 9.91. The predicted molar refractivity (Wildman–Crippen MR) is 236 cm³/mol. The summed E-state index contributed by atoms with van der Waals surface area (Å²) in [4.78, 5) is 37.2. The predicted octanol–water partition coefficient (Wildman–Crippen LogP) is 6.08. The number of aliphatic hydroxyl groups is 1. The topological polar surface area (TPSA) is 170 Å². The maximum Gasteiger partial charge on any atom is 0.338 e. The van der Waals surface area contributed by atoms with Crippen LogP contribution in [0.3, 0.4) is 0 Å². The summed E-state index contributed by atoms with van der Waals surface area (Å²) in [6, 6.07) is 15.9. The number of carbonyl (C=O) groups is 1. The van der Waals surface area contributed by atoms with E-state index in [-0.39, 0.29) is 34.4 Å². The van der Waals surface area contributed by atoms with Gasteiger partial charge in [-0.2, -0.15) is 5.10 Å².